The highest BCUT2D eigenvalue weighted by molar-refractivity contribution is 5.96. The largest absolute Gasteiger partial charge is 0.481 e. The van der Waals surface area contributed by atoms with Gasteiger partial charge in [0, 0.05) is 18.4 Å². The number of aliphatic carboxylic acids is 2. The van der Waals surface area contributed by atoms with Crippen LogP contribution in [0.4, 0.5) is 70.2 Å². The van der Waals surface area contributed by atoms with Crippen LogP contribution in [-0.2, 0) is 9.59 Å². The Labute approximate surface area is 182 Å². The quantitative estimate of drug-likeness (QED) is 0.221. The summed E-state index contributed by atoms with van der Waals surface area (Å²) in [5.41, 5.74) is -7.93. The molecular weight excluding hydrogens is 548 g/mol. The molecule has 0 saturated heterocycles. The highest BCUT2D eigenvalue weighted by Gasteiger charge is 2.80. The SMILES string of the molecule is C=C(C(=O)O)C(CC(F)(F)C(F)(F)C(F)(F)C(F)F)(CC(F)(F)C(F)(F)C(F)(F)C(F)F)C(=O)O. The molecular formula is C15H10F16O4. The van der Waals surface area contributed by atoms with Crippen LogP contribution < -0.4 is 0 Å². The van der Waals surface area contributed by atoms with Gasteiger partial charge >= 0.3 is 60.3 Å². The second-order valence-electron chi connectivity index (χ2n) is 6.93. The van der Waals surface area contributed by atoms with E-state index in [2.05, 4.69) is 6.58 Å². The number of alkyl halides is 16. The highest BCUT2D eigenvalue weighted by atomic mass is 19.4. The first-order valence-electron chi connectivity index (χ1n) is 8.09. The molecule has 0 aromatic carbocycles. The first-order valence-corrected chi connectivity index (χ1v) is 8.09. The molecule has 0 heterocycles. The van der Waals surface area contributed by atoms with Crippen molar-refractivity contribution in [1.29, 1.82) is 0 Å². The molecule has 0 saturated carbocycles. The number of hydrogen-bond acceptors (Lipinski definition) is 2. The smallest absolute Gasteiger partial charge is 0.377 e. The van der Waals surface area contributed by atoms with Crippen molar-refractivity contribution in [3.63, 3.8) is 0 Å². The second-order valence-corrected chi connectivity index (χ2v) is 6.93. The van der Waals surface area contributed by atoms with Crippen molar-refractivity contribution in [3.05, 3.63) is 12.2 Å². The lowest BCUT2D eigenvalue weighted by Gasteiger charge is -2.41. The van der Waals surface area contributed by atoms with Crippen LogP contribution in [0, 0.1) is 5.41 Å². The zero-order valence-electron chi connectivity index (χ0n) is 16.0. The Morgan fingerprint density at radius 2 is 0.886 bits per heavy atom. The molecule has 35 heavy (non-hydrogen) atoms. The molecule has 0 radical (unpaired) electrons. The Hall–Kier alpha value is -2.44. The van der Waals surface area contributed by atoms with E-state index in [0.717, 1.165) is 0 Å². The number of halogens is 16. The van der Waals surface area contributed by atoms with Crippen molar-refractivity contribution in [2.75, 3.05) is 0 Å². The lowest BCUT2D eigenvalue weighted by Crippen LogP contribution is -2.62. The summed E-state index contributed by atoms with van der Waals surface area (Å²) in [4.78, 5) is 22.4. The van der Waals surface area contributed by atoms with E-state index in [0.29, 0.717) is 0 Å². The van der Waals surface area contributed by atoms with E-state index in [4.69, 9.17) is 10.2 Å². The molecule has 0 spiro atoms. The van der Waals surface area contributed by atoms with E-state index in [1.807, 2.05) is 0 Å². The van der Waals surface area contributed by atoms with Gasteiger partial charge < -0.3 is 10.2 Å². The number of rotatable bonds is 13. The van der Waals surface area contributed by atoms with Gasteiger partial charge in [-0.15, -0.1) is 0 Å². The van der Waals surface area contributed by atoms with Crippen molar-refractivity contribution in [1.82, 2.24) is 0 Å². The lowest BCUT2D eigenvalue weighted by atomic mass is 9.69. The van der Waals surface area contributed by atoms with E-state index in [1.165, 1.54) is 0 Å². The molecule has 0 aliphatic rings. The Balaban J connectivity index is 7.12. The van der Waals surface area contributed by atoms with E-state index >= 15 is 0 Å². The Bertz CT molecular complexity index is 789. The average molecular weight is 558 g/mol. The highest BCUT2D eigenvalue weighted by Crippen LogP contribution is 2.58. The van der Waals surface area contributed by atoms with Gasteiger partial charge in [-0.25, -0.2) is 22.4 Å². The molecule has 0 aliphatic heterocycles. The Kier molecular flexibility index (Phi) is 8.57. The molecule has 206 valence electrons. The molecule has 0 unspecified atom stereocenters. The Morgan fingerprint density at radius 1 is 0.629 bits per heavy atom. The van der Waals surface area contributed by atoms with Crippen molar-refractivity contribution >= 4 is 11.9 Å². The van der Waals surface area contributed by atoms with Crippen molar-refractivity contribution in [2.45, 2.75) is 61.2 Å². The van der Waals surface area contributed by atoms with Crippen LogP contribution in [0.1, 0.15) is 12.8 Å². The lowest BCUT2D eigenvalue weighted by molar-refractivity contribution is -0.352. The normalized spacial score (nSPS) is 15.0. The summed E-state index contributed by atoms with van der Waals surface area (Å²) in [6.07, 6.45) is -19.2. The minimum atomic E-state index is -7.40. The standard InChI is InChI=1S/C15H10F16O4/c1-4(5(32)33)9(8(34)35,2-10(20,21)14(28,29)12(24,25)6(16)17)3-11(22,23)15(30,31)13(26,27)7(18)19/h6-7H,1-3H2,(H,32,33)(H,34,35). The van der Waals surface area contributed by atoms with Gasteiger partial charge in [0.25, 0.3) is 0 Å². The van der Waals surface area contributed by atoms with Crippen LogP contribution in [0.3, 0.4) is 0 Å². The zero-order chi connectivity index (χ0) is 28.8. The zero-order valence-corrected chi connectivity index (χ0v) is 16.0. The van der Waals surface area contributed by atoms with Gasteiger partial charge in [-0.2, -0.15) is 52.7 Å². The van der Waals surface area contributed by atoms with Crippen LogP contribution in [0.15, 0.2) is 12.2 Å². The third-order valence-corrected chi connectivity index (χ3v) is 4.60. The summed E-state index contributed by atoms with van der Waals surface area (Å²) in [5, 5.41) is 17.7. The van der Waals surface area contributed by atoms with Gasteiger partial charge in [0.15, 0.2) is 0 Å². The third kappa shape index (κ3) is 5.10. The van der Waals surface area contributed by atoms with Gasteiger partial charge in [-0.3, -0.25) is 4.79 Å². The fourth-order valence-electron chi connectivity index (χ4n) is 2.50. The number of carbonyl (C=O) groups is 2. The van der Waals surface area contributed by atoms with Crippen LogP contribution >= 0.6 is 0 Å². The minimum absolute atomic E-state index is 2.07. The van der Waals surface area contributed by atoms with Crippen molar-refractivity contribution in [3.8, 4) is 0 Å². The second kappa shape index (κ2) is 9.21. The maximum Gasteiger partial charge on any atom is 0.377 e. The molecule has 4 nitrogen and oxygen atoms in total. The van der Waals surface area contributed by atoms with E-state index < -0.39 is 84.2 Å². The molecule has 0 bridgehead atoms. The predicted octanol–water partition coefficient (Wildman–Crippen LogP) is 5.82. The van der Waals surface area contributed by atoms with Gasteiger partial charge in [0.05, 0.1) is 0 Å². The number of carboxylic acids is 2. The molecule has 20 heteroatoms. The molecule has 2 N–H and O–H groups in total. The summed E-state index contributed by atoms with van der Waals surface area (Å²) in [6, 6.07) is 0. The topological polar surface area (TPSA) is 74.6 Å². The fourth-order valence-corrected chi connectivity index (χ4v) is 2.50. The third-order valence-electron chi connectivity index (χ3n) is 4.60. The van der Waals surface area contributed by atoms with Gasteiger partial charge in [-0.05, 0) is 0 Å². The summed E-state index contributed by atoms with van der Waals surface area (Å²) in [7, 11) is 0. The average Bonchev–Trinajstić information content (AvgIpc) is 2.64. The fraction of sp³-hybridized carbons (Fsp3) is 0.733. The first-order chi connectivity index (χ1) is 15.1. The summed E-state index contributed by atoms with van der Waals surface area (Å²) in [6.45, 7) is 2.07. The van der Waals surface area contributed by atoms with Crippen molar-refractivity contribution in [2.24, 2.45) is 5.41 Å². The molecule has 0 aliphatic carbocycles. The summed E-state index contributed by atoms with van der Waals surface area (Å²) in [5.74, 6) is -49.6. The van der Waals surface area contributed by atoms with Crippen LogP contribution in [0.5, 0.6) is 0 Å². The van der Waals surface area contributed by atoms with Crippen molar-refractivity contribution < 1.29 is 90.0 Å². The molecule has 0 amide bonds. The van der Waals surface area contributed by atoms with Crippen LogP contribution in [-0.4, -0.2) is 70.5 Å². The maximum absolute atomic E-state index is 14.0. The van der Waals surface area contributed by atoms with Gasteiger partial charge in [0.1, 0.15) is 5.41 Å². The number of carboxylic acid groups (broad SMARTS) is 2. The molecule has 0 rings (SSSR count). The predicted molar refractivity (Wildman–Crippen MR) is 77.8 cm³/mol. The molecule has 0 atom stereocenters. The molecule has 0 aromatic rings. The van der Waals surface area contributed by atoms with Crippen LogP contribution in [0.2, 0.25) is 0 Å². The van der Waals surface area contributed by atoms with E-state index in [1.54, 1.807) is 0 Å². The van der Waals surface area contributed by atoms with E-state index in [-0.39, 0.29) is 0 Å². The molecule has 0 aromatic heterocycles. The first kappa shape index (κ1) is 32.6. The monoisotopic (exact) mass is 558 g/mol. The molecule has 0 fully saturated rings. The van der Waals surface area contributed by atoms with Crippen LogP contribution in [0.25, 0.3) is 0 Å². The summed E-state index contributed by atoms with van der Waals surface area (Å²) >= 11 is 0. The van der Waals surface area contributed by atoms with Gasteiger partial charge in [-0.1, -0.05) is 6.58 Å². The Morgan fingerprint density at radius 3 is 1.06 bits per heavy atom. The number of hydrogen-bond donors (Lipinski definition) is 2. The summed E-state index contributed by atoms with van der Waals surface area (Å²) < 4.78 is 211. The maximum atomic E-state index is 14.0. The minimum Gasteiger partial charge on any atom is -0.481 e. The van der Waals surface area contributed by atoms with E-state index in [9.17, 15) is 79.8 Å². The van der Waals surface area contributed by atoms with Gasteiger partial charge in [0.2, 0.25) is 0 Å².